The van der Waals surface area contributed by atoms with Crippen molar-refractivity contribution in [2.75, 3.05) is 18.9 Å². The van der Waals surface area contributed by atoms with Crippen molar-refractivity contribution >= 4 is 49.5 Å². The SMILES string of the molecule is CNC(=O)c1c(NC(=O)[C@H]2CCCCN2S(=O)(=O)c2cccs2)sc(C)c1C. The van der Waals surface area contributed by atoms with E-state index >= 15 is 0 Å². The second-order valence-corrected chi connectivity index (χ2v) is 10.9. The van der Waals surface area contributed by atoms with Crippen molar-refractivity contribution in [3.8, 4) is 0 Å². The number of anilines is 1. The molecular weight excluding hydrogens is 418 g/mol. The number of hydrogen-bond donors (Lipinski definition) is 2. The molecule has 0 radical (unpaired) electrons. The summed E-state index contributed by atoms with van der Waals surface area (Å²) in [6.45, 7) is 4.03. The van der Waals surface area contributed by atoms with Crippen LogP contribution in [0.5, 0.6) is 0 Å². The first kappa shape index (κ1) is 21.0. The van der Waals surface area contributed by atoms with E-state index in [1.165, 1.54) is 22.7 Å². The molecule has 3 rings (SSSR count). The zero-order valence-corrected chi connectivity index (χ0v) is 18.4. The summed E-state index contributed by atoms with van der Waals surface area (Å²) in [7, 11) is -2.19. The molecule has 7 nitrogen and oxygen atoms in total. The van der Waals surface area contributed by atoms with Gasteiger partial charge in [-0.1, -0.05) is 12.5 Å². The van der Waals surface area contributed by atoms with Gasteiger partial charge in [0.15, 0.2) is 0 Å². The molecule has 0 aliphatic carbocycles. The van der Waals surface area contributed by atoms with E-state index in [0.717, 1.165) is 34.6 Å². The third-order valence-corrected chi connectivity index (χ3v) is 9.29. The Morgan fingerprint density at radius 3 is 2.64 bits per heavy atom. The number of rotatable bonds is 5. The van der Waals surface area contributed by atoms with E-state index in [0.29, 0.717) is 23.5 Å². The summed E-state index contributed by atoms with van der Waals surface area (Å²) in [4.78, 5) is 26.2. The van der Waals surface area contributed by atoms with Crippen molar-refractivity contribution in [3.05, 3.63) is 33.5 Å². The molecule has 1 atom stereocenters. The van der Waals surface area contributed by atoms with Crippen molar-refractivity contribution in [2.45, 2.75) is 43.4 Å². The summed E-state index contributed by atoms with van der Waals surface area (Å²) in [5.74, 6) is -0.671. The monoisotopic (exact) mass is 441 g/mol. The molecule has 2 aromatic rings. The summed E-state index contributed by atoms with van der Waals surface area (Å²) in [5, 5.41) is 7.58. The first-order valence-corrected chi connectivity index (χ1v) is 12.1. The van der Waals surface area contributed by atoms with Gasteiger partial charge < -0.3 is 10.6 Å². The average Bonchev–Trinajstić information content (AvgIpc) is 3.31. The molecule has 1 aliphatic rings. The van der Waals surface area contributed by atoms with Gasteiger partial charge in [-0.3, -0.25) is 9.59 Å². The van der Waals surface area contributed by atoms with Crippen LogP contribution in [0.2, 0.25) is 0 Å². The molecule has 0 saturated carbocycles. The van der Waals surface area contributed by atoms with Crippen LogP contribution in [0.25, 0.3) is 0 Å². The van der Waals surface area contributed by atoms with Crippen molar-refractivity contribution in [1.82, 2.24) is 9.62 Å². The van der Waals surface area contributed by atoms with Gasteiger partial charge in [-0.05, 0) is 43.7 Å². The van der Waals surface area contributed by atoms with Gasteiger partial charge in [0.2, 0.25) is 5.91 Å². The molecule has 1 saturated heterocycles. The molecular formula is C18H23N3O4S3. The molecule has 2 N–H and O–H groups in total. The van der Waals surface area contributed by atoms with Crippen LogP contribution in [0.4, 0.5) is 5.00 Å². The third-order valence-electron chi connectivity index (χ3n) is 4.89. The Kier molecular flexibility index (Phi) is 6.23. The average molecular weight is 442 g/mol. The minimum Gasteiger partial charge on any atom is -0.355 e. The van der Waals surface area contributed by atoms with E-state index in [1.807, 2.05) is 13.8 Å². The zero-order chi connectivity index (χ0) is 20.5. The Balaban J connectivity index is 1.89. The molecule has 28 heavy (non-hydrogen) atoms. The maximum atomic E-state index is 13.0. The highest BCUT2D eigenvalue weighted by Gasteiger charge is 2.38. The van der Waals surface area contributed by atoms with Crippen molar-refractivity contribution in [2.24, 2.45) is 0 Å². The highest BCUT2D eigenvalue weighted by Crippen LogP contribution is 2.34. The number of piperidine rings is 1. The number of sulfonamides is 1. The van der Waals surface area contributed by atoms with Crippen molar-refractivity contribution in [3.63, 3.8) is 0 Å². The second-order valence-electron chi connectivity index (χ2n) is 6.62. The first-order chi connectivity index (χ1) is 13.3. The summed E-state index contributed by atoms with van der Waals surface area (Å²) in [6, 6.07) is 2.45. The quantitative estimate of drug-likeness (QED) is 0.746. The summed E-state index contributed by atoms with van der Waals surface area (Å²) >= 11 is 2.47. The smallest absolute Gasteiger partial charge is 0.254 e. The van der Waals surface area contributed by atoms with Gasteiger partial charge in [0, 0.05) is 18.5 Å². The Bertz CT molecular complexity index is 980. The largest absolute Gasteiger partial charge is 0.355 e. The van der Waals surface area contributed by atoms with Crippen LogP contribution in [0.1, 0.15) is 40.1 Å². The van der Waals surface area contributed by atoms with Crippen LogP contribution >= 0.6 is 22.7 Å². The molecule has 0 unspecified atom stereocenters. The number of amides is 2. The van der Waals surface area contributed by atoms with E-state index < -0.39 is 22.0 Å². The standard InChI is InChI=1S/C18H23N3O4S3/c1-11-12(2)27-18(15(11)17(23)19-3)20-16(22)13-7-4-5-9-21(13)28(24,25)14-8-6-10-26-14/h6,8,10,13H,4-5,7,9H2,1-3H3,(H,19,23)(H,20,22)/t13-/m1/s1. The fourth-order valence-corrected chi connectivity index (χ4v) is 7.13. The predicted octanol–water partition coefficient (Wildman–Crippen LogP) is 2.97. The summed E-state index contributed by atoms with van der Waals surface area (Å²) in [5.41, 5.74) is 1.24. The number of thiophene rings is 2. The highest BCUT2D eigenvalue weighted by atomic mass is 32.2. The normalized spacial score (nSPS) is 18.0. The van der Waals surface area contributed by atoms with Crippen LogP contribution in [-0.4, -0.2) is 44.2 Å². The van der Waals surface area contributed by atoms with Crippen molar-refractivity contribution < 1.29 is 18.0 Å². The van der Waals surface area contributed by atoms with E-state index in [9.17, 15) is 18.0 Å². The van der Waals surface area contributed by atoms with Gasteiger partial charge in [-0.15, -0.1) is 22.7 Å². The lowest BCUT2D eigenvalue weighted by molar-refractivity contribution is -0.120. The summed E-state index contributed by atoms with van der Waals surface area (Å²) < 4.78 is 27.5. The van der Waals surface area contributed by atoms with Crippen LogP contribution in [0.3, 0.4) is 0 Å². The van der Waals surface area contributed by atoms with E-state index in [-0.39, 0.29) is 10.1 Å². The Labute approximate surface area is 172 Å². The number of nitrogens with zero attached hydrogens (tertiary/aromatic N) is 1. The first-order valence-electron chi connectivity index (χ1n) is 8.95. The molecule has 2 aromatic heterocycles. The van der Waals surface area contributed by atoms with Gasteiger partial charge >= 0.3 is 0 Å². The van der Waals surface area contributed by atoms with E-state index in [4.69, 9.17) is 0 Å². The minimum atomic E-state index is -3.72. The number of aryl methyl sites for hydroxylation is 1. The van der Waals surface area contributed by atoms with E-state index in [1.54, 1.807) is 17.5 Å². The lowest BCUT2D eigenvalue weighted by atomic mass is 10.0. The lowest BCUT2D eigenvalue weighted by Gasteiger charge is -2.33. The molecule has 152 valence electrons. The second kappa shape index (κ2) is 8.32. The van der Waals surface area contributed by atoms with Crippen LogP contribution in [0.15, 0.2) is 21.7 Å². The molecule has 0 aromatic carbocycles. The lowest BCUT2D eigenvalue weighted by Crippen LogP contribution is -2.49. The molecule has 1 fully saturated rings. The van der Waals surface area contributed by atoms with Crippen LogP contribution < -0.4 is 10.6 Å². The van der Waals surface area contributed by atoms with Gasteiger partial charge in [0.05, 0.1) is 5.56 Å². The molecule has 10 heteroatoms. The van der Waals surface area contributed by atoms with Gasteiger partial charge in [0.25, 0.3) is 15.9 Å². The molecule has 0 bridgehead atoms. The summed E-state index contributed by atoms with van der Waals surface area (Å²) in [6.07, 6.45) is 1.95. The Morgan fingerprint density at radius 1 is 1.25 bits per heavy atom. The predicted molar refractivity (Wildman–Crippen MR) is 112 cm³/mol. The molecule has 3 heterocycles. The minimum absolute atomic E-state index is 0.237. The fraction of sp³-hybridized carbons (Fsp3) is 0.444. The van der Waals surface area contributed by atoms with Crippen LogP contribution in [-0.2, 0) is 14.8 Å². The highest BCUT2D eigenvalue weighted by molar-refractivity contribution is 7.91. The fourth-order valence-electron chi connectivity index (χ4n) is 3.29. The van der Waals surface area contributed by atoms with Gasteiger partial charge in [0.1, 0.15) is 15.3 Å². The number of hydrogen-bond acceptors (Lipinski definition) is 6. The third kappa shape index (κ3) is 3.86. The van der Waals surface area contributed by atoms with Gasteiger partial charge in [-0.2, -0.15) is 4.31 Å². The molecule has 2 amide bonds. The zero-order valence-electron chi connectivity index (χ0n) is 15.9. The van der Waals surface area contributed by atoms with Crippen LogP contribution in [0, 0.1) is 13.8 Å². The number of carbonyl (C=O) groups is 2. The Morgan fingerprint density at radius 2 is 2.00 bits per heavy atom. The maximum Gasteiger partial charge on any atom is 0.254 e. The number of nitrogens with one attached hydrogen (secondary N) is 2. The number of carbonyl (C=O) groups excluding carboxylic acids is 2. The topological polar surface area (TPSA) is 95.6 Å². The van der Waals surface area contributed by atoms with E-state index in [2.05, 4.69) is 10.6 Å². The molecule has 0 spiro atoms. The molecule has 1 aliphatic heterocycles. The van der Waals surface area contributed by atoms with Gasteiger partial charge in [-0.25, -0.2) is 8.42 Å². The Hall–Kier alpha value is -1.75. The maximum absolute atomic E-state index is 13.0. The van der Waals surface area contributed by atoms with Crippen molar-refractivity contribution in [1.29, 1.82) is 0 Å².